The molecule has 1 aliphatic carbocycles. The van der Waals surface area contributed by atoms with Gasteiger partial charge in [-0.25, -0.2) is 9.59 Å². The van der Waals surface area contributed by atoms with Gasteiger partial charge < -0.3 is 29.9 Å². The Morgan fingerprint density at radius 2 is 1.69 bits per heavy atom. The zero-order valence-electron chi connectivity index (χ0n) is 19.1. The highest BCUT2D eigenvalue weighted by Gasteiger charge is 2.43. The molecule has 0 aromatic heterocycles. The molecule has 2 aliphatic heterocycles. The van der Waals surface area contributed by atoms with Gasteiger partial charge in [0.2, 0.25) is 5.91 Å². The van der Waals surface area contributed by atoms with Crippen LogP contribution in [0.15, 0.2) is 48.5 Å². The number of β-amino-alcohol motifs (C(OH)–C–C–N with tert-alkyl or cyclic N) is 1. The SMILES string of the molecule is O=C(NC[C@@H]1C[C@H](C(=O)N2C[C@H](O)C[C@@H]2C(=O)O)CO1)OCC1c2ccccc2-c2ccccc21. The van der Waals surface area contributed by atoms with Crippen molar-refractivity contribution >= 4 is 18.0 Å². The number of aliphatic hydroxyl groups is 1. The molecule has 3 N–H and O–H groups in total. The third-order valence-corrected chi connectivity index (χ3v) is 7.09. The smallest absolute Gasteiger partial charge is 0.407 e. The summed E-state index contributed by atoms with van der Waals surface area (Å²) < 4.78 is 11.2. The first-order valence-corrected chi connectivity index (χ1v) is 11.8. The van der Waals surface area contributed by atoms with E-state index >= 15 is 0 Å². The van der Waals surface area contributed by atoms with Crippen LogP contribution in [0.1, 0.15) is 29.9 Å². The maximum Gasteiger partial charge on any atom is 0.407 e. The van der Waals surface area contributed by atoms with Gasteiger partial charge in [-0.05, 0) is 28.7 Å². The summed E-state index contributed by atoms with van der Waals surface area (Å²) >= 11 is 0. The predicted molar refractivity (Wildman–Crippen MR) is 125 cm³/mol. The lowest BCUT2D eigenvalue weighted by molar-refractivity contribution is -0.149. The summed E-state index contributed by atoms with van der Waals surface area (Å²) in [5, 5.41) is 21.8. The molecule has 3 aliphatic rings. The van der Waals surface area contributed by atoms with Crippen molar-refractivity contribution in [3.63, 3.8) is 0 Å². The second-order valence-electron chi connectivity index (χ2n) is 9.33. The van der Waals surface area contributed by atoms with Crippen molar-refractivity contribution in [3.8, 4) is 11.1 Å². The third kappa shape index (κ3) is 4.61. The summed E-state index contributed by atoms with van der Waals surface area (Å²) in [7, 11) is 0. The van der Waals surface area contributed by atoms with Crippen LogP contribution < -0.4 is 5.32 Å². The van der Waals surface area contributed by atoms with Crippen molar-refractivity contribution in [2.24, 2.45) is 5.92 Å². The highest BCUT2D eigenvalue weighted by molar-refractivity contribution is 5.86. The predicted octanol–water partition coefficient (Wildman–Crippen LogP) is 1.98. The van der Waals surface area contributed by atoms with Crippen LogP contribution in [0.4, 0.5) is 4.79 Å². The molecular weight excluding hydrogens is 452 g/mol. The number of likely N-dealkylation sites (tertiary alicyclic amines) is 1. The standard InChI is InChI=1S/C26H28N2O7/c29-16-10-23(25(31)32)28(12-16)24(30)15-9-17(34-13-15)11-27-26(33)35-14-22-20-7-3-1-5-18(20)19-6-2-4-8-21(19)22/h1-8,15-17,22-23,29H,9-14H2,(H,27,33)(H,31,32)/t15-,16+,17-,23+/m0/s1. The summed E-state index contributed by atoms with van der Waals surface area (Å²) in [6, 6.07) is 15.2. The number of alkyl carbamates (subject to hydrolysis) is 1. The van der Waals surface area contributed by atoms with E-state index in [0.29, 0.717) is 6.42 Å². The number of nitrogens with zero attached hydrogens (tertiary/aromatic N) is 1. The van der Waals surface area contributed by atoms with Crippen LogP contribution in [0.2, 0.25) is 0 Å². The average Bonchev–Trinajstić information content (AvgIpc) is 3.57. The molecule has 5 rings (SSSR count). The van der Waals surface area contributed by atoms with Crippen molar-refractivity contribution in [2.45, 2.75) is 37.0 Å². The number of hydrogen-bond donors (Lipinski definition) is 3. The molecule has 0 saturated carbocycles. The van der Waals surface area contributed by atoms with Crippen LogP contribution in [0, 0.1) is 5.92 Å². The summed E-state index contributed by atoms with van der Waals surface area (Å²) in [4.78, 5) is 37.8. The molecule has 184 valence electrons. The van der Waals surface area contributed by atoms with Gasteiger partial charge in [0.05, 0.1) is 24.7 Å². The van der Waals surface area contributed by atoms with E-state index in [1.54, 1.807) is 0 Å². The molecule has 0 unspecified atom stereocenters. The van der Waals surface area contributed by atoms with Gasteiger partial charge in [-0.3, -0.25) is 4.79 Å². The fourth-order valence-corrected chi connectivity index (χ4v) is 5.39. The Morgan fingerprint density at radius 1 is 1.03 bits per heavy atom. The van der Waals surface area contributed by atoms with Crippen molar-refractivity contribution < 1.29 is 34.1 Å². The summed E-state index contributed by atoms with van der Waals surface area (Å²) in [5.74, 6) is -1.99. The van der Waals surface area contributed by atoms with Crippen LogP contribution in [0.3, 0.4) is 0 Å². The molecule has 2 fully saturated rings. The van der Waals surface area contributed by atoms with Crippen LogP contribution >= 0.6 is 0 Å². The summed E-state index contributed by atoms with van der Waals surface area (Å²) in [5.41, 5.74) is 4.58. The fraction of sp³-hybridized carbons (Fsp3) is 0.423. The van der Waals surface area contributed by atoms with E-state index in [1.165, 1.54) is 4.90 Å². The molecule has 0 spiro atoms. The van der Waals surface area contributed by atoms with E-state index in [0.717, 1.165) is 22.3 Å². The minimum atomic E-state index is -1.12. The van der Waals surface area contributed by atoms with E-state index in [1.807, 2.05) is 24.3 Å². The molecule has 2 saturated heterocycles. The fourth-order valence-electron chi connectivity index (χ4n) is 5.39. The lowest BCUT2D eigenvalue weighted by Crippen LogP contribution is -2.44. The Balaban J connectivity index is 1.11. The third-order valence-electron chi connectivity index (χ3n) is 7.09. The van der Waals surface area contributed by atoms with E-state index in [4.69, 9.17) is 9.47 Å². The first-order chi connectivity index (χ1) is 16.9. The number of fused-ring (bicyclic) bond motifs is 3. The van der Waals surface area contributed by atoms with Gasteiger partial charge in [-0.2, -0.15) is 0 Å². The molecule has 2 amide bonds. The number of nitrogens with one attached hydrogen (secondary N) is 1. The van der Waals surface area contributed by atoms with Crippen molar-refractivity contribution in [2.75, 3.05) is 26.3 Å². The molecule has 35 heavy (non-hydrogen) atoms. The topological polar surface area (TPSA) is 125 Å². The van der Waals surface area contributed by atoms with Gasteiger partial charge in [0.15, 0.2) is 0 Å². The Bertz CT molecular complexity index is 1090. The zero-order chi connectivity index (χ0) is 24.5. The first kappa shape index (κ1) is 23.3. The number of hydrogen-bond acceptors (Lipinski definition) is 6. The van der Waals surface area contributed by atoms with Crippen LogP contribution in [-0.2, 0) is 19.1 Å². The van der Waals surface area contributed by atoms with Gasteiger partial charge in [0.1, 0.15) is 12.6 Å². The number of benzene rings is 2. The van der Waals surface area contributed by atoms with E-state index in [9.17, 15) is 24.6 Å². The first-order valence-electron chi connectivity index (χ1n) is 11.8. The van der Waals surface area contributed by atoms with Gasteiger partial charge in [0.25, 0.3) is 0 Å². The molecular formula is C26H28N2O7. The van der Waals surface area contributed by atoms with Crippen LogP contribution in [-0.4, -0.2) is 77.6 Å². The quantitative estimate of drug-likeness (QED) is 0.577. The van der Waals surface area contributed by atoms with E-state index < -0.39 is 30.1 Å². The number of carboxylic acid groups (broad SMARTS) is 1. The highest BCUT2D eigenvalue weighted by atomic mass is 16.5. The van der Waals surface area contributed by atoms with Gasteiger partial charge in [-0.1, -0.05) is 48.5 Å². The van der Waals surface area contributed by atoms with Crippen LogP contribution in [0.25, 0.3) is 11.1 Å². The monoisotopic (exact) mass is 480 g/mol. The number of aliphatic hydroxyl groups excluding tert-OH is 1. The molecule has 0 bridgehead atoms. The lowest BCUT2D eigenvalue weighted by atomic mass is 9.98. The highest BCUT2D eigenvalue weighted by Crippen LogP contribution is 2.44. The number of carbonyl (C=O) groups is 3. The molecule has 4 atom stereocenters. The van der Waals surface area contributed by atoms with Gasteiger partial charge >= 0.3 is 12.1 Å². The number of carbonyl (C=O) groups excluding carboxylic acids is 2. The van der Waals surface area contributed by atoms with E-state index in [2.05, 4.69) is 29.6 Å². The van der Waals surface area contributed by atoms with Crippen molar-refractivity contribution in [1.29, 1.82) is 0 Å². The summed E-state index contributed by atoms with van der Waals surface area (Å²) in [6.45, 7) is 0.551. The molecule has 2 aromatic rings. The van der Waals surface area contributed by atoms with E-state index in [-0.39, 0.29) is 50.7 Å². The maximum atomic E-state index is 12.8. The Hall–Kier alpha value is -3.43. The normalized spacial score (nSPS) is 25.2. The van der Waals surface area contributed by atoms with Crippen molar-refractivity contribution in [3.05, 3.63) is 59.7 Å². The summed E-state index contributed by atoms with van der Waals surface area (Å²) in [6.07, 6.45) is -1.38. The Morgan fingerprint density at radius 3 is 2.34 bits per heavy atom. The number of carboxylic acids is 1. The number of rotatable bonds is 6. The molecule has 0 radical (unpaired) electrons. The Kier molecular flexibility index (Phi) is 6.44. The molecule has 9 heteroatoms. The average molecular weight is 481 g/mol. The van der Waals surface area contributed by atoms with Gasteiger partial charge in [0, 0.05) is 25.4 Å². The lowest BCUT2D eigenvalue weighted by Gasteiger charge is -2.23. The van der Waals surface area contributed by atoms with Crippen molar-refractivity contribution in [1.82, 2.24) is 10.2 Å². The molecule has 9 nitrogen and oxygen atoms in total. The maximum absolute atomic E-state index is 12.8. The minimum absolute atomic E-state index is 0.00890. The largest absolute Gasteiger partial charge is 0.480 e. The zero-order valence-corrected chi connectivity index (χ0v) is 19.1. The Labute approximate surface area is 202 Å². The number of ether oxygens (including phenoxy) is 2. The second kappa shape index (κ2) is 9.67. The number of amides is 2. The molecule has 2 heterocycles. The number of aliphatic carboxylic acids is 1. The van der Waals surface area contributed by atoms with Crippen LogP contribution in [0.5, 0.6) is 0 Å². The van der Waals surface area contributed by atoms with Gasteiger partial charge in [-0.15, -0.1) is 0 Å². The second-order valence-corrected chi connectivity index (χ2v) is 9.33. The minimum Gasteiger partial charge on any atom is -0.480 e. The molecule has 2 aromatic carbocycles.